The minimum absolute atomic E-state index is 0.129. The van der Waals surface area contributed by atoms with Gasteiger partial charge in [-0.05, 0) is 53.9 Å². The minimum atomic E-state index is -0.455. The molecule has 0 aliphatic rings. The van der Waals surface area contributed by atoms with Gasteiger partial charge in [0, 0.05) is 13.0 Å². The summed E-state index contributed by atoms with van der Waals surface area (Å²) in [4.78, 5) is 17.9. The summed E-state index contributed by atoms with van der Waals surface area (Å²) in [5.74, 6) is 0.0209. The first-order valence-electron chi connectivity index (χ1n) is 10.3. The van der Waals surface area contributed by atoms with E-state index in [-0.39, 0.29) is 17.5 Å². The van der Waals surface area contributed by atoms with Crippen molar-refractivity contribution in [3.05, 3.63) is 101 Å². The fourth-order valence-corrected chi connectivity index (χ4v) is 3.75. The Kier molecular flexibility index (Phi) is 6.07. The van der Waals surface area contributed by atoms with Crippen molar-refractivity contribution >= 4 is 16.9 Å². The molecule has 4 rings (SSSR count). The van der Waals surface area contributed by atoms with Crippen LogP contribution in [0.5, 0.6) is 0 Å². The highest BCUT2D eigenvalue weighted by Crippen LogP contribution is 2.25. The first-order chi connectivity index (χ1) is 15.0. The molecule has 0 unspecified atom stereocenters. The maximum absolute atomic E-state index is 13.3. The standard InChI is InChI=1S/C25H23F2N3O/c1-2-22(25(31)28-16-18-9-13-20(27)14-10-18)30-23-6-4-3-5-21(23)29-24(30)15-17-7-11-19(26)12-8-17/h3-14,22H,2,15-16H2,1H3,(H,28,31)/t22-/m1/s1. The third kappa shape index (κ3) is 4.63. The molecule has 1 atom stereocenters. The summed E-state index contributed by atoms with van der Waals surface area (Å²) < 4.78 is 28.4. The van der Waals surface area contributed by atoms with E-state index in [1.54, 1.807) is 24.3 Å². The van der Waals surface area contributed by atoms with Gasteiger partial charge in [-0.3, -0.25) is 4.79 Å². The number of nitrogens with zero attached hydrogens (tertiary/aromatic N) is 2. The van der Waals surface area contributed by atoms with Gasteiger partial charge in [0.2, 0.25) is 5.91 Å². The summed E-state index contributed by atoms with van der Waals surface area (Å²) in [6.07, 6.45) is 1.06. The summed E-state index contributed by atoms with van der Waals surface area (Å²) >= 11 is 0. The average molecular weight is 419 g/mol. The van der Waals surface area contributed by atoms with Gasteiger partial charge in [0.15, 0.2) is 0 Å². The lowest BCUT2D eigenvalue weighted by molar-refractivity contribution is -0.124. The number of imidazole rings is 1. The summed E-state index contributed by atoms with van der Waals surface area (Å²) in [6.45, 7) is 2.27. The Morgan fingerprint density at radius 2 is 1.55 bits per heavy atom. The second-order valence-corrected chi connectivity index (χ2v) is 7.46. The monoisotopic (exact) mass is 419 g/mol. The van der Waals surface area contributed by atoms with E-state index < -0.39 is 6.04 Å². The number of amides is 1. The third-order valence-electron chi connectivity index (χ3n) is 5.33. The fraction of sp³-hybridized carbons (Fsp3) is 0.200. The summed E-state index contributed by atoms with van der Waals surface area (Å²) in [5, 5.41) is 2.96. The summed E-state index contributed by atoms with van der Waals surface area (Å²) in [6, 6.07) is 19.6. The maximum Gasteiger partial charge on any atom is 0.243 e. The molecular weight excluding hydrogens is 396 g/mol. The fourth-order valence-electron chi connectivity index (χ4n) is 3.75. The second-order valence-electron chi connectivity index (χ2n) is 7.46. The molecule has 0 aliphatic heterocycles. The van der Waals surface area contributed by atoms with Crippen molar-refractivity contribution in [3.8, 4) is 0 Å². The Morgan fingerprint density at radius 1 is 0.935 bits per heavy atom. The predicted octanol–water partition coefficient (Wildman–Crippen LogP) is 5.17. The molecule has 1 aromatic heterocycles. The van der Waals surface area contributed by atoms with E-state index >= 15 is 0 Å². The van der Waals surface area contributed by atoms with Crippen molar-refractivity contribution < 1.29 is 13.6 Å². The van der Waals surface area contributed by atoms with Gasteiger partial charge in [-0.15, -0.1) is 0 Å². The van der Waals surface area contributed by atoms with Crippen molar-refractivity contribution in [2.45, 2.75) is 32.4 Å². The average Bonchev–Trinajstić information content (AvgIpc) is 3.13. The van der Waals surface area contributed by atoms with Crippen LogP contribution in [0, 0.1) is 11.6 Å². The van der Waals surface area contributed by atoms with E-state index in [0.717, 1.165) is 28.0 Å². The van der Waals surface area contributed by atoms with Gasteiger partial charge < -0.3 is 9.88 Å². The van der Waals surface area contributed by atoms with Crippen molar-refractivity contribution in [1.29, 1.82) is 0 Å². The van der Waals surface area contributed by atoms with Crippen LogP contribution in [0.3, 0.4) is 0 Å². The SMILES string of the molecule is CC[C@H](C(=O)NCc1ccc(F)cc1)n1c(Cc2ccc(F)cc2)nc2ccccc21. The van der Waals surface area contributed by atoms with E-state index in [4.69, 9.17) is 4.98 Å². The van der Waals surface area contributed by atoms with Crippen LogP contribution in [0.15, 0.2) is 72.8 Å². The number of fused-ring (bicyclic) bond motifs is 1. The summed E-state index contributed by atoms with van der Waals surface area (Å²) in [7, 11) is 0. The van der Waals surface area contributed by atoms with Crippen LogP contribution in [0.25, 0.3) is 11.0 Å². The van der Waals surface area contributed by atoms with Crippen molar-refractivity contribution in [2.24, 2.45) is 0 Å². The number of rotatable bonds is 7. The molecule has 1 heterocycles. The topological polar surface area (TPSA) is 46.9 Å². The van der Waals surface area contributed by atoms with Crippen LogP contribution in [-0.4, -0.2) is 15.5 Å². The molecular formula is C25H23F2N3O. The number of carbonyl (C=O) groups excluding carboxylic acids is 1. The zero-order chi connectivity index (χ0) is 21.8. The predicted molar refractivity (Wildman–Crippen MR) is 117 cm³/mol. The number of para-hydroxylation sites is 2. The van der Waals surface area contributed by atoms with E-state index in [1.807, 2.05) is 35.8 Å². The largest absolute Gasteiger partial charge is 0.350 e. The van der Waals surface area contributed by atoms with Crippen LogP contribution in [0.4, 0.5) is 8.78 Å². The van der Waals surface area contributed by atoms with Crippen LogP contribution < -0.4 is 5.32 Å². The molecule has 0 saturated heterocycles. The number of hydrogen-bond acceptors (Lipinski definition) is 2. The van der Waals surface area contributed by atoms with Gasteiger partial charge in [0.05, 0.1) is 11.0 Å². The van der Waals surface area contributed by atoms with E-state index in [0.29, 0.717) is 19.4 Å². The molecule has 4 nitrogen and oxygen atoms in total. The molecule has 3 aromatic carbocycles. The minimum Gasteiger partial charge on any atom is -0.350 e. The molecule has 158 valence electrons. The molecule has 0 saturated carbocycles. The van der Waals surface area contributed by atoms with E-state index in [1.165, 1.54) is 24.3 Å². The third-order valence-corrected chi connectivity index (χ3v) is 5.33. The lowest BCUT2D eigenvalue weighted by atomic mass is 10.1. The van der Waals surface area contributed by atoms with Crippen LogP contribution in [0.1, 0.15) is 36.3 Å². The Bertz CT molecular complexity index is 1180. The van der Waals surface area contributed by atoms with Crippen LogP contribution >= 0.6 is 0 Å². The maximum atomic E-state index is 13.3. The van der Waals surface area contributed by atoms with Crippen LogP contribution in [0.2, 0.25) is 0 Å². The molecule has 0 fully saturated rings. The summed E-state index contributed by atoms with van der Waals surface area (Å²) in [5.41, 5.74) is 3.43. The first kappa shape index (κ1) is 20.7. The molecule has 0 bridgehead atoms. The molecule has 31 heavy (non-hydrogen) atoms. The Hall–Kier alpha value is -3.54. The van der Waals surface area contributed by atoms with Gasteiger partial charge in [0.25, 0.3) is 0 Å². The Morgan fingerprint density at radius 3 is 2.19 bits per heavy atom. The molecule has 0 spiro atoms. The number of hydrogen-bond donors (Lipinski definition) is 1. The van der Waals surface area contributed by atoms with E-state index in [2.05, 4.69) is 5.32 Å². The molecule has 6 heteroatoms. The number of benzene rings is 3. The van der Waals surface area contributed by atoms with Crippen LogP contribution in [-0.2, 0) is 17.8 Å². The van der Waals surface area contributed by atoms with Gasteiger partial charge >= 0.3 is 0 Å². The van der Waals surface area contributed by atoms with Gasteiger partial charge in [-0.2, -0.15) is 0 Å². The lowest BCUT2D eigenvalue weighted by Crippen LogP contribution is -2.32. The lowest BCUT2D eigenvalue weighted by Gasteiger charge is -2.20. The van der Waals surface area contributed by atoms with Gasteiger partial charge in [-0.25, -0.2) is 13.8 Å². The van der Waals surface area contributed by atoms with E-state index in [9.17, 15) is 13.6 Å². The zero-order valence-corrected chi connectivity index (χ0v) is 17.2. The zero-order valence-electron chi connectivity index (χ0n) is 17.2. The highest BCUT2D eigenvalue weighted by Gasteiger charge is 2.24. The molecule has 1 N–H and O–H groups in total. The molecule has 1 amide bonds. The Balaban J connectivity index is 1.63. The highest BCUT2D eigenvalue weighted by molar-refractivity contribution is 5.84. The highest BCUT2D eigenvalue weighted by atomic mass is 19.1. The number of halogens is 2. The Labute approximate surface area is 179 Å². The molecule has 0 radical (unpaired) electrons. The number of aromatic nitrogens is 2. The molecule has 0 aliphatic carbocycles. The normalized spacial score (nSPS) is 12.1. The first-order valence-corrected chi connectivity index (χ1v) is 10.3. The van der Waals surface area contributed by atoms with Gasteiger partial charge in [-0.1, -0.05) is 43.3 Å². The second kappa shape index (κ2) is 9.08. The quantitative estimate of drug-likeness (QED) is 0.449. The van der Waals surface area contributed by atoms with Crippen molar-refractivity contribution in [3.63, 3.8) is 0 Å². The van der Waals surface area contributed by atoms with Crippen molar-refractivity contribution in [1.82, 2.24) is 14.9 Å². The number of nitrogens with one attached hydrogen (secondary N) is 1. The van der Waals surface area contributed by atoms with Crippen molar-refractivity contribution in [2.75, 3.05) is 0 Å². The smallest absolute Gasteiger partial charge is 0.243 e. The number of carbonyl (C=O) groups is 1. The van der Waals surface area contributed by atoms with Gasteiger partial charge in [0.1, 0.15) is 23.5 Å². The molecule has 4 aromatic rings.